The van der Waals surface area contributed by atoms with Gasteiger partial charge in [0.15, 0.2) is 5.78 Å². The molecule has 2 aromatic rings. The number of aliphatic carboxylic acids is 1. The Hall–Kier alpha value is -2.22. The van der Waals surface area contributed by atoms with Crippen molar-refractivity contribution in [3.63, 3.8) is 0 Å². The Morgan fingerprint density at radius 1 is 0.889 bits per heavy atom. The van der Waals surface area contributed by atoms with Gasteiger partial charge in [0.2, 0.25) is 10.0 Å². The molecule has 0 spiro atoms. The molecule has 0 atom stereocenters. The van der Waals surface area contributed by atoms with Crippen molar-refractivity contribution in [3.8, 4) is 0 Å². The highest BCUT2D eigenvalue weighted by atomic mass is 35.5. The van der Waals surface area contributed by atoms with Crippen LogP contribution in [0.4, 0.5) is 0 Å². The number of carbonyl (C=O) groups is 2. The first-order valence-corrected chi connectivity index (χ1v) is 10.3. The SMILES string of the molecule is O=C(O)CCCCCNS(=O)(=O)c1ccc(C(=O)c2ccc(Cl)cc2)cc1. The summed E-state index contributed by atoms with van der Waals surface area (Å²) < 4.78 is 27.0. The summed E-state index contributed by atoms with van der Waals surface area (Å²) in [5.74, 6) is -1.08. The molecule has 0 aliphatic rings. The topological polar surface area (TPSA) is 101 Å². The van der Waals surface area contributed by atoms with Gasteiger partial charge in [-0.15, -0.1) is 0 Å². The van der Waals surface area contributed by atoms with Gasteiger partial charge in [0.25, 0.3) is 0 Å². The van der Waals surface area contributed by atoms with Crippen LogP contribution in [0.3, 0.4) is 0 Å². The number of halogens is 1. The molecule has 0 amide bonds. The molecule has 0 aliphatic carbocycles. The van der Waals surface area contributed by atoms with E-state index in [4.69, 9.17) is 16.7 Å². The molecule has 6 nitrogen and oxygen atoms in total. The Morgan fingerprint density at radius 2 is 1.44 bits per heavy atom. The van der Waals surface area contributed by atoms with Crippen LogP contribution in [0.1, 0.15) is 41.6 Å². The zero-order valence-corrected chi connectivity index (χ0v) is 16.1. The van der Waals surface area contributed by atoms with Gasteiger partial charge in [-0.3, -0.25) is 9.59 Å². The van der Waals surface area contributed by atoms with E-state index in [-0.39, 0.29) is 23.6 Å². The first-order chi connectivity index (χ1) is 12.8. The lowest BCUT2D eigenvalue weighted by atomic mass is 10.0. The first kappa shape index (κ1) is 21.1. The molecule has 27 heavy (non-hydrogen) atoms. The molecule has 2 rings (SSSR count). The third kappa shape index (κ3) is 6.46. The van der Waals surface area contributed by atoms with Gasteiger partial charge in [-0.2, -0.15) is 0 Å². The Labute approximate surface area is 163 Å². The number of ketones is 1. The highest BCUT2D eigenvalue weighted by Crippen LogP contribution is 2.16. The van der Waals surface area contributed by atoms with Crippen molar-refractivity contribution in [2.75, 3.05) is 6.54 Å². The standard InChI is InChI=1S/C19H20ClNO5S/c20-16-9-5-14(6-10-16)19(24)15-7-11-17(12-8-15)27(25,26)21-13-3-1-2-4-18(22)23/h5-12,21H,1-4,13H2,(H,22,23). The van der Waals surface area contributed by atoms with Gasteiger partial charge in [-0.25, -0.2) is 13.1 Å². The smallest absolute Gasteiger partial charge is 0.303 e. The number of benzene rings is 2. The van der Waals surface area contributed by atoms with Crippen LogP contribution in [-0.4, -0.2) is 31.8 Å². The lowest BCUT2D eigenvalue weighted by molar-refractivity contribution is -0.137. The summed E-state index contributed by atoms with van der Waals surface area (Å²) >= 11 is 5.81. The zero-order valence-electron chi connectivity index (χ0n) is 14.5. The number of unbranched alkanes of at least 4 members (excludes halogenated alkanes) is 2. The number of rotatable bonds is 10. The van der Waals surface area contributed by atoms with E-state index in [1.165, 1.54) is 24.3 Å². The molecule has 0 bridgehead atoms. The van der Waals surface area contributed by atoms with E-state index in [0.717, 1.165) is 0 Å². The van der Waals surface area contributed by atoms with Gasteiger partial charge in [0, 0.05) is 29.1 Å². The summed E-state index contributed by atoms with van der Waals surface area (Å²) in [6.45, 7) is 0.230. The van der Waals surface area contributed by atoms with Gasteiger partial charge in [-0.1, -0.05) is 18.0 Å². The van der Waals surface area contributed by atoms with E-state index in [0.29, 0.717) is 35.4 Å². The molecule has 0 radical (unpaired) electrons. The summed E-state index contributed by atoms with van der Waals surface area (Å²) in [6.07, 6.45) is 1.78. The average molecular weight is 410 g/mol. The zero-order chi connectivity index (χ0) is 19.9. The minimum Gasteiger partial charge on any atom is -0.481 e. The molecule has 0 heterocycles. The quantitative estimate of drug-likeness (QED) is 0.462. The van der Waals surface area contributed by atoms with Crippen molar-refractivity contribution >= 4 is 33.4 Å². The monoisotopic (exact) mass is 409 g/mol. The van der Waals surface area contributed by atoms with Crippen LogP contribution in [0.15, 0.2) is 53.4 Å². The van der Waals surface area contributed by atoms with Crippen molar-refractivity contribution in [2.45, 2.75) is 30.6 Å². The Balaban J connectivity index is 1.93. The van der Waals surface area contributed by atoms with E-state index < -0.39 is 16.0 Å². The lowest BCUT2D eigenvalue weighted by Gasteiger charge is -2.08. The highest BCUT2D eigenvalue weighted by molar-refractivity contribution is 7.89. The predicted molar refractivity (Wildman–Crippen MR) is 103 cm³/mol. The van der Waals surface area contributed by atoms with Crippen molar-refractivity contribution in [2.24, 2.45) is 0 Å². The summed E-state index contributed by atoms with van der Waals surface area (Å²) in [5.41, 5.74) is 0.847. The number of carboxylic acids is 1. The Kier molecular flexibility index (Phi) is 7.53. The van der Waals surface area contributed by atoms with Crippen molar-refractivity contribution in [3.05, 3.63) is 64.7 Å². The average Bonchev–Trinajstić information content (AvgIpc) is 2.64. The predicted octanol–water partition coefficient (Wildman–Crippen LogP) is 3.49. The molecular formula is C19H20ClNO5S. The highest BCUT2D eigenvalue weighted by Gasteiger charge is 2.15. The molecular weight excluding hydrogens is 390 g/mol. The van der Waals surface area contributed by atoms with E-state index in [9.17, 15) is 18.0 Å². The van der Waals surface area contributed by atoms with Crippen LogP contribution < -0.4 is 4.72 Å². The molecule has 0 unspecified atom stereocenters. The van der Waals surface area contributed by atoms with Crippen LogP contribution in [0.5, 0.6) is 0 Å². The number of hydrogen-bond donors (Lipinski definition) is 2. The van der Waals surface area contributed by atoms with Crippen LogP contribution in [0, 0.1) is 0 Å². The van der Waals surface area contributed by atoms with Gasteiger partial charge in [0.05, 0.1) is 4.90 Å². The van der Waals surface area contributed by atoms with Gasteiger partial charge in [0.1, 0.15) is 0 Å². The number of hydrogen-bond acceptors (Lipinski definition) is 4. The molecule has 0 aliphatic heterocycles. The second-order valence-corrected chi connectivity index (χ2v) is 8.17. The van der Waals surface area contributed by atoms with Crippen LogP contribution in [0.2, 0.25) is 5.02 Å². The minimum atomic E-state index is -3.67. The summed E-state index contributed by atoms with van der Waals surface area (Å²) in [5, 5.41) is 9.08. The van der Waals surface area contributed by atoms with Crippen LogP contribution in [-0.2, 0) is 14.8 Å². The van der Waals surface area contributed by atoms with Crippen LogP contribution in [0.25, 0.3) is 0 Å². The largest absolute Gasteiger partial charge is 0.481 e. The molecule has 2 N–H and O–H groups in total. The van der Waals surface area contributed by atoms with E-state index >= 15 is 0 Å². The first-order valence-electron chi connectivity index (χ1n) is 8.41. The van der Waals surface area contributed by atoms with Gasteiger partial charge >= 0.3 is 5.97 Å². The molecule has 0 fully saturated rings. The fraction of sp³-hybridized carbons (Fsp3) is 0.263. The Bertz CT molecular complexity index is 893. The summed E-state index contributed by atoms with van der Waals surface area (Å²) in [6, 6.07) is 12.2. The lowest BCUT2D eigenvalue weighted by Crippen LogP contribution is -2.24. The fourth-order valence-electron chi connectivity index (χ4n) is 2.42. The molecule has 144 valence electrons. The second-order valence-electron chi connectivity index (χ2n) is 5.96. The van der Waals surface area contributed by atoms with Crippen molar-refractivity contribution in [1.82, 2.24) is 4.72 Å². The number of carboxylic acid groups (broad SMARTS) is 1. The maximum absolute atomic E-state index is 12.4. The molecule has 2 aromatic carbocycles. The Morgan fingerprint density at radius 3 is 2.00 bits per heavy atom. The van der Waals surface area contributed by atoms with E-state index in [1.54, 1.807) is 24.3 Å². The summed E-state index contributed by atoms with van der Waals surface area (Å²) in [4.78, 5) is 22.9. The minimum absolute atomic E-state index is 0.0701. The van der Waals surface area contributed by atoms with E-state index in [2.05, 4.69) is 4.72 Å². The molecule has 0 saturated heterocycles. The van der Waals surface area contributed by atoms with E-state index in [1.807, 2.05) is 0 Å². The third-order valence-corrected chi connectivity index (χ3v) is 5.62. The third-order valence-electron chi connectivity index (χ3n) is 3.89. The van der Waals surface area contributed by atoms with Crippen molar-refractivity contribution < 1.29 is 23.1 Å². The molecule has 0 saturated carbocycles. The number of sulfonamides is 1. The number of carbonyl (C=O) groups excluding carboxylic acids is 1. The maximum atomic E-state index is 12.4. The second kappa shape index (κ2) is 9.64. The maximum Gasteiger partial charge on any atom is 0.303 e. The summed E-state index contributed by atoms with van der Waals surface area (Å²) in [7, 11) is -3.67. The van der Waals surface area contributed by atoms with Crippen molar-refractivity contribution in [1.29, 1.82) is 0 Å². The fourth-order valence-corrected chi connectivity index (χ4v) is 3.62. The van der Waals surface area contributed by atoms with Gasteiger partial charge in [-0.05, 0) is 61.4 Å². The normalized spacial score (nSPS) is 11.3. The van der Waals surface area contributed by atoms with Gasteiger partial charge < -0.3 is 5.11 Å². The molecule has 8 heteroatoms. The molecule has 0 aromatic heterocycles. The van der Waals surface area contributed by atoms with Crippen LogP contribution >= 0.6 is 11.6 Å². The number of nitrogens with one attached hydrogen (secondary N) is 1.